The summed E-state index contributed by atoms with van der Waals surface area (Å²) >= 11 is 0. The fourth-order valence-corrected chi connectivity index (χ4v) is 5.22. The van der Waals surface area contributed by atoms with Gasteiger partial charge in [-0.3, -0.25) is 4.79 Å². The van der Waals surface area contributed by atoms with Crippen LogP contribution in [0.4, 0.5) is 0 Å². The maximum absolute atomic E-state index is 13.1. The van der Waals surface area contributed by atoms with Crippen LogP contribution in [-0.4, -0.2) is 77.3 Å². The Bertz CT molecular complexity index is 1200. The number of aryl methyl sites for hydroxylation is 2. The highest BCUT2D eigenvalue weighted by molar-refractivity contribution is 5.85. The Hall–Kier alpha value is -2.66. The van der Waals surface area contributed by atoms with Crippen LogP contribution in [0.5, 0.6) is 0 Å². The van der Waals surface area contributed by atoms with Crippen molar-refractivity contribution in [2.45, 2.75) is 52.4 Å². The summed E-state index contributed by atoms with van der Waals surface area (Å²) in [6.07, 6.45) is 2.31. The maximum Gasteiger partial charge on any atom is 0.257 e. The molecular weight excluding hydrogens is 446 g/mol. The summed E-state index contributed by atoms with van der Waals surface area (Å²) in [4.78, 5) is 19.1. The molecule has 3 aromatic rings. The van der Waals surface area contributed by atoms with E-state index < -0.39 is 0 Å². The van der Waals surface area contributed by atoms with E-state index in [1.54, 1.807) is 4.90 Å². The molecular formula is C25H37N7O3+2. The standard InChI is InChI=1S/C25H35N7O3/c1-18-5-6-19(2)24-22(18)14-20(25(33)26-24)15-31(8-7-30-9-12-34-13-10-30)17-23-27-28-29-32(23)16-21-4-3-11-35-21/h5-6,14,21H,3-4,7-13,15-17H2,1-2H3,(H,26,33)/p+2/t21-/m0/s1. The third kappa shape index (κ3) is 5.78. The van der Waals surface area contributed by atoms with Gasteiger partial charge in [-0.1, -0.05) is 12.1 Å². The number of H-pyrrole nitrogens is 1. The number of hydrogen-bond donors (Lipinski definition) is 3. The minimum Gasteiger partial charge on any atom is -0.376 e. The number of pyridine rings is 1. The second-order valence-corrected chi connectivity index (χ2v) is 9.99. The monoisotopic (exact) mass is 483 g/mol. The zero-order chi connectivity index (χ0) is 24.2. The Morgan fingerprint density at radius 1 is 1.17 bits per heavy atom. The number of quaternary nitrogens is 2. The molecule has 0 spiro atoms. The van der Waals surface area contributed by atoms with E-state index in [9.17, 15) is 4.79 Å². The molecule has 0 radical (unpaired) electrons. The van der Waals surface area contributed by atoms with Crippen molar-refractivity contribution >= 4 is 10.9 Å². The average Bonchev–Trinajstić information content (AvgIpc) is 3.54. The maximum atomic E-state index is 13.1. The largest absolute Gasteiger partial charge is 0.376 e. The van der Waals surface area contributed by atoms with Crippen LogP contribution in [0.15, 0.2) is 23.0 Å². The van der Waals surface area contributed by atoms with Crippen LogP contribution in [0, 0.1) is 13.8 Å². The molecule has 2 aliphatic rings. The number of hydrogen-bond acceptors (Lipinski definition) is 6. The highest BCUT2D eigenvalue weighted by Crippen LogP contribution is 2.19. The van der Waals surface area contributed by atoms with Gasteiger partial charge in [0, 0.05) is 12.0 Å². The first-order valence-corrected chi connectivity index (χ1v) is 12.8. The van der Waals surface area contributed by atoms with Gasteiger partial charge in [0.25, 0.3) is 5.56 Å². The van der Waals surface area contributed by atoms with Gasteiger partial charge in [0.2, 0.25) is 5.82 Å². The van der Waals surface area contributed by atoms with Gasteiger partial charge in [-0.05, 0) is 54.3 Å². The van der Waals surface area contributed by atoms with E-state index in [-0.39, 0.29) is 11.7 Å². The van der Waals surface area contributed by atoms with Crippen LogP contribution < -0.4 is 15.4 Å². The molecule has 0 aliphatic carbocycles. The van der Waals surface area contributed by atoms with Crippen molar-refractivity contribution in [3.63, 3.8) is 0 Å². The number of benzene rings is 1. The van der Waals surface area contributed by atoms with E-state index in [1.807, 2.05) is 11.6 Å². The summed E-state index contributed by atoms with van der Waals surface area (Å²) < 4.78 is 13.2. The number of aromatic nitrogens is 5. The summed E-state index contributed by atoms with van der Waals surface area (Å²) in [6, 6.07) is 6.25. The van der Waals surface area contributed by atoms with Crippen molar-refractivity contribution in [1.82, 2.24) is 25.2 Å². The predicted molar refractivity (Wildman–Crippen MR) is 130 cm³/mol. The molecule has 1 unspecified atom stereocenters. The van der Waals surface area contributed by atoms with Crippen LogP contribution >= 0.6 is 0 Å². The molecule has 10 heteroatoms. The average molecular weight is 484 g/mol. The minimum atomic E-state index is -0.0126. The highest BCUT2D eigenvalue weighted by Gasteiger charge is 2.24. The van der Waals surface area contributed by atoms with Crippen LogP contribution in [0.1, 0.15) is 35.4 Å². The van der Waals surface area contributed by atoms with Gasteiger partial charge < -0.3 is 24.3 Å². The number of nitrogens with one attached hydrogen (secondary N) is 3. The molecule has 10 nitrogen and oxygen atoms in total. The SMILES string of the molecule is Cc1ccc(C)c2[nH]c(=O)c(C[NH+](CC[NH+]3CCOCC3)Cc3nnnn3C[C@@H]3CCCO3)cc12. The van der Waals surface area contributed by atoms with Crippen molar-refractivity contribution in [1.29, 1.82) is 0 Å². The molecule has 4 heterocycles. The van der Waals surface area contributed by atoms with Gasteiger partial charge in [0.05, 0.1) is 36.9 Å². The Balaban J connectivity index is 1.37. The van der Waals surface area contributed by atoms with Gasteiger partial charge in [0.1, 0.15) is 39.3 Å². The lowest BCUT2D eigenvalue weighted by molar-refractivity contribution is -0.975. The summed E-state index contributed by atoms with van der Waals surface area (Å²) in [5.41, 5.74) is 3.97. The van der Waals surface area contributed by atoms with Gasteiger partial charge in [0.15, 0.2) is 0 Å². The van der Waals surface area contributed by atoms with E-state index in [2.05, 4.69) is 45.6 Å². The fourth-order valence-electron chi connectivity index (χ4n) is 5.22. The molecule has 3 N–H and O–H groups in total. The van der Waals surface area contributed by atoms with Crippen LogP contribution in [0.25, 0.3) is 10.9 Å². The zero-order valence-electron chi connectivity index (χ0n) is 20.8. The third-order valence-corrected chi connectivity index (χ3v) is 7.41. The molecule has 35 heavy (non-hydrogen) atoms. The Kier molecular flexibility index (Phi) is 7.52. The number of nitrogens with zero attached hydrogens (tertiary/aromatic N) is 4. The van der Waals surface area contributed by atoms with Crippen molar-refractivity contribution in [2.24, 2.45) is 0 Å². The fraction of sp³-hybridized carbons (Fsp3) is 0.600. The molecule has 2 saturated heterocycles. The van der Waals surface area contributed by atoms with E-state index in [1.165, 1.54) is 10.5 Å². The lowest BCUT2D eigenvalue weighted by atomic mass is 10.0. The van der Waals surface area contributed by atoms with E-state index in [0.717, 1.165) is 86.7 Å². The number of morpholine rings is 1. The summed E-state index contributed by atoms with van der Waals surface area (Å²) in [7, 11) is 0. The summed E-state index contributed by atoms with van der Waals surface area (Å²) in [5.74, 6) is 0.844. The summed E-state index contributed by atoms with van der Waals surface area (Å²) in [6.45, 7) is 12.5. The molecule has 5 rings (SSSR count). The second kappa shape index (κ2) is 10.9. The molecule has 1 aromatic carbocycles. The van der Waals surface area contributed by atoms with Crippen molar-refractivity contribution in [2.75, 3.05) is 46.0 Å². The number of rotatable bonds is 9. The molecule has 2 aromatic heterocycles. The smallest absolute Gasteiger partial charge is 0.257 e. The number of aromatic amines is 1. The van der Waals surface area contributed by atoms with Crippen LogP contribution in [0.3, 0.4) is 0 Å². The van der Waals surface area contributed by atoms with E-state index >= 15 is 0 Å². The Morgan fingerprint density at radius 3 is 2.80 bits per heavy atom. The van der Waals surface area contributed by atoms with Gasteiger partial charge in [-0.2, -0.15) is 0 Å². The van der Waals surface area contributed by atoms with Gasteiger partial charge in [-0.25, -0.2) is 4.68 Å². The normalized spacial score (nSPS) is 20.0. The summed E-state index contributed by atoms with van der Waals surface area (Å²) in [5, 5.41) is 13.7. The zero-order valence-corrected chi connectivity index (χ0v) is 20.8. The molecule has 0 saturated carbocycles. The lowest BCUT2D eigenvalue weighted by Crippen LogP contribution is -3.20. The first kappa shape index (κ1) is 24.1. The van der Waals surface area contributed by atoms with Crippen molar-refractivity contribution < 1.29 is 19.3 Å². The Morgan fingerprint density at radius 2 is 2.00 bits per heavy atom. The molecule has 2 aliphatic heterocycles. The van der Waals surface area contributed by atoms with Crippen LogP contribution in [-0.2, 0) is 29.1 Å². The van der Waals surface area contributed by atoms with Gasteiger partial charge in [-0.15, -0.1) is 5.10 Å². The number of tetrazole rings is 1. The first-order valence-electron chi connectivity index (χ1n) is 12.8. The number of fused-ring (bicyclic) bond motifs is 1. The highest BCUT2D eigenvalue weighted by atomic mass is 16.5. The number of ether oxygens (including phenoxy) is 2. The predicted octanol–water partition coefficient (Wildman–Crippen LogP) is -1.19. The van der Waals surface area contributed by atoms with Crippen LogP contribution in [0.2, 0.25) is 0 Å². The van der Waals surface area contributed by atoms with E-state index in [0.29, 0.717) is 19.6 Å². The first-order chi connectivity index (χ1) is 17.1. The molecule has 0 bridgehead atoms. The lowest BCUT2D eigenvalue weighted by Gasteiger charge is -2.26. The topological polar surface area (TPSA) is 104 Å². The minimum absolute atomic E-state index is 0.0126. The molecule has 2 fully saturated rings. The third-order valence-electron chi connectivity index (χ3n) is 7.41. The molecule has 188 valence electrons. The molecule has 0 amide bonds. The quantitative estimate of drug-likeness (QED) is 0.354. The van der Waals surface area contributed by atoms with Gasteiger partial charge >= 0.3 is 0 Å². The Labute approximate surface area is 205 Å². The molecule has 2 atom stereocenters. The van der Waals surface area contributed by atoms with Crippen molar-refractivity contribution in [3.8, 4) is 0 Å². The van der Waals surface area contributed by atoms with E-state index in [4.69, 9.17) is 9.47 Å². The second-order valence-electron chi connectivity index (χ2n) is 9.99. The van der Waals surface area contributed by atoms with Crippen molar-refractivity contribution in [3.05, 3.63) is 51.1 Å².